The van der Waals surface area contributed by atoms with E-state index < -0.39 is 29.8 Å². The number of amides is 1. The number of hydrogen-bond donors (Lipinski definition) is 2. The van der Waals surface area contributed by atoms with Crippen molar-refractivity contribution < 1.29 is 24.2 Å². The highest BCUT2D eigenvalue weighted by Crippen LogP contribution is 2.12. The van der Waals surface area contributed by atoms with Crippen LogP contribution in [-0.4, -0.2) is 42.0 Å². The molecule has 6 nitrogen and oxygen atoms in total. The number of alkyl carbamates (subject to hydrolysis) is 1. The van der Waals surface area contributed by atoms with Gasteiger partial charge in [-0.1, -0.05) is 19.8 Å². The minimum atomic E-state index is -0.985. The van der Waals surface area contributed by atoms with Crippen LogP contribution in [0.2, 0.25) is 0 Å². The van der Waals surface area contributed by atoms with Crippen molar-refractivity contribution in [1.29, 1.82) is 0 Å². The van der Waals surface area contributed by atoms with E-state index in [1.54, 1.807) is 20.8 Å². The third-order valence-electron chi connectivity index (χ3n) is 2.64. The summed E-state index contributed by atoms with van der Waals surface area (Å²) < 4.78 is 9.67. The zero-order chi connectivity index (χ0) is 15.8. The summed E-state index contributed by atoms with van der Waals surface area (Å²) in [5.41, 5.74) is -0.604. The predicted molar refractivity (Wildman–Crippen MR) is 75.3 cm³/mol. The van der Waals surface area contributed by atoms with Gasteiger partial charge in [0.1, 0.15) is 5.60 Å². The van der Waals surface area contributed by atoms with Gasteiger partial charge in [-0.15, -0.1) is 0 Å². The van der Waals surface area contributed by atoms with Gasteiger partial charge < -0.3 is 19.9 Å². The summed E-state index contributed by atoms with van der Waals surface area (Å²) in [5, 5.41) is 12.6. The number of nitrogens with one attached hydrogen (secondary N) is 1. The Hall–Kier alpha value is -1.30. The highest BCUT2D eigenvalue weighted by atomic mass is 16.6. The molecule has 0 aliphatic carbocycles. The van der Waals surface area contributed by atoms with E-state index in [0.29, 0.717) is 6.42 Å². The van der Waals surface area contributed by atoms with Gasteiger partial charge in [-0.3, -0.25) is 4.79 Å². The van der Waals surface area contributed by atoms with E-state index in [2.05, 4.69) is 10.1 Å². The lowest BCUT2D eigenvalue weighted by Crippen LogP contribution is -2.46. The number of aliphatic hydroxyl groups is 1. The minimum Gasteiger partial charge on any atom is -0.469 e. The molecular weight excluding hydrogens is 262 g/mol. The second-order valence-corrected chi connectivity index (χ2v) is 5.74. The lowest BCUT2D eigenvalue weighted by Gasteiger charge is -2.26. The first-order valence-electron chi connectivity index (χ1n) is 6.94. The van der Waals surface area contributed by atoms with Gasteiger partial charge in [0.05, 0.1) is 25.7 Å². The molecule has 0 heterocycles. The SMILES string of the molecule is CCCC[C@H](NC(=O)OC(C)(C)C)[C@@H](O)CC(=O)OC. The molecule has 2 N–H and O–H groups in total. The Morgan fingerprint density at radius 2 is 1.90 bits per heavy atom. The Morgan fingerprint density at radius 3 is 2.35 bits per heavy atom. The minimum absolute atomic E-state index is 0.152. The first-order valence-corrected chi connectivity index (χ1v) is 6.94. The molecule has 0 fully saturated rings. The van der Waals surface area contributed by atoms with Crippen molar-refractivity contribution >= 4 is 12.1 Å². The summed E-state index contributed by atoms with van der Waals surface area (Å²) in [6.07, 6.45) is 0.606. The fourth-order valence-electron chi connectivity index (χ4n) is 1.64. The van der Waals surface area contributed by atoms with Gasteiger partial charge in [0.25, 0.3) is 0 Å². The van der Waals surface area contributed by atoms with Crippen molar-refractivity contribution in [2.45, 2.75) is 71.1 Å². The number of carbonyl (C=O) groups excluding carboxylic acids is 2. The van der Waals surface area contributed by atoms with E-state index in [4.69, 9.17) is 4.74 Å². The maximum atomic E-state index is 11.7. The summed E-state index contributed by atoms with van der Waals surface area (Å²) in [4.78, 5) is 22.9. The first-order chi connectivity index (χ1) is 9.19. The Morgan fingerprint density at radius 1 is 1.30 bits per heavy atom. The van der Waals surface area contributed by atoms with Crippen LogP contribution in [-0.2, 0) is 14.3 Å². The van der Waals surface area contributed by atoms with Crippen molar-refractivity contribution in [2.24, 2.45) is 0 Å². The van der Waals surface area contributed by atoms with Gasteiger partial charge in [0.2, 0.25) is 0 Å². The molecule has 0 aromatic carbocycles. The summed E-state index contributed by atoms with van der Waals surface area (Å²) >= 11 is 0. The molecule has 0 radical (unpaired) electrons. The molecule has 0 rings (SSSR count). The second kappa shape index (κ2) is 8.79. The molecule has 20 heavy (non-hydrogen) atoms. The van der Waals surface area contributed by atoms with Gasteiger partial charge in [0.15, 0.2) is 0 Å². The zero-order valence-corrected chi connectivity index (χ0v) is 13.1. The summed E-state index contributed by atoms with van der Waals surface area (Å²) in [6.45, 7) is 7.30. The van der Waals surface area contributed by atoms with Crippen LogP contribution < -0.4 is 5.32 Å². The highest BCUT2D eigenvalue weighted by molar-refractivity contribution is 5.71. The number of hydrogen-bond acceptors (Lipinski definition) is 5. The Kier molecular flexibility index (Phi) is 8.22. The van der Waals surface area contributed by atoms with E-state index in [9.17, 15) is 14.7 Å². The lowest BCUT2D eigenvalue weighted by molar-refractivity contribution is -0.143. The van der Waals surface area contributed by atoms with E-state index in [1.807, 2.05) is 6.92 Å². The number of carbonyl (C=O) groups is 2. The summed E-state index contributed by atoms with van der Waals surface area (Å²) in [5.74, 6) is -0.509. The molecule has 0 bridgehead atoms. The fourth-order valence-corrected chi connectivity index (χ4v) is 1.64. The van der Waals surface area contributed by atoms with Crippen LogP contribution >= 0.6 is 0 Å². The molecule has 1 amide bonds. The van der Waals surface area contributed by atoms with E-state index >= 15 is 0 Å². The molecule has 0 aromatic rings. The molecule has 6 heteroatoms. The molecule has 0 unspecified atom stereocenters. The Balaban J connectivity index is 4.54. The van der Waals surface area contributed by atoms with Gasteiger partial charge in [0, 0.05) is 0 Å². The van der Waals surface area contributed by atoms with Gasteiger partial charge in [-0.05, 0) is 27.2 Å². The smallest absolute Gasteiger partial charge is 0.407 e. The molecule has 0 saturated heterocycles. The average molecular weight is 289 g/mol. The van der Waals surface area contributed by atoms with Crippen LogP contribution in [0.4, 0.5) is 4.79 Å². The van der Waals surface area contributed by atoms with Crippen molar-refractivity contribution in [3.05, 3.63) is 0 Å². The summed E-state index contributed by atoms with van der Waals surface area (Å²) in [7, 11) is 1.26. The largest absolute Gasteiger partial charge is 0.469 e. The maximum Gasteiger partial charge on any atom is 0.407 e. The first kappa shape index (κ1) is 18.7. The van der Waals surface area contributed by atoms with Crippen LogP contribution in [0.5, 0.6) is 0 Å². The van der Waals surface area contributed by atoms with Crippen LogP contribution in [0.1, 0.15) is 53.4 Å². The topological polar surface area (TPSA) is 84.9 Å². The molecule has 2 atom stereocenters. The van der Waals surface area contributed by atoms with Crippen molar-refractivity contribution in [3.8, 4) is 0 Å². The third kappa shape index (κ3) is 8.74. The number of methoxy groups -OCH3 is 1. The van der Waals surface area contributed by atoms with Crippen LogP contribution in [0.15, 0.2) is 0 Å². The van der Waals surface area contributed by atoms with Crippen molar-refractivity contribution in [2.75, 3.05) is 7.11 Å². The lowest BCUT2D eigenvalue weighted by atomic mass is 10.0. The molecule has 0 aliphatic rings. The predicted octanol–water partition coefficient (Wildman–Crippen LogP) is 1.99. The number of unbranched alkanes of at least 4 members (excludes halogenated alkanes) is 1. The van der Waals surface area contributed by atoms with Crippen molar-refractivity contribution in [1.82, 2.24) is 5.32 Å². The van der Waals surface area contributed by atoms with E-state index in [0.717, 1.165) is 12.8 Å². The number of rotatable bonds is 7. The quantitative estimate of drug-likeness (QED) is 0.700. The second-order valence-electron chi connectivity index (χ2n) is 5.74. The van der Waals surface area contributed by atoms with Crippen molar-refractivity contribution in [3.63, 3.8) is 0 Å². The molecule has 0 aliphatic heterocycles. The Bertz CT molecular complexity index is 311. The average Bonchev–Trinajstić information content (AvgIpc) is 2.31. The monoisotopic (exact) mass is 289 g/mol. The van der Waals surface area contributed by atoms with Gasteiger partial charge in [-0.2, -0.15) is 0 Å². The van der Waals surface area contributed by atoms with Crippen LogP contribution in [0.3, 0.4) is 0 Å². The van der Waals surface area contributed by atoms with Gasteiger partial charge in [-0.25, -0.2) is 4.79 Å². The van der Waals surface area contributed by atoms with Crippen LogP contribution in [0, 0.1) is 0 Å². The molecule has 0 saturated carbocycles. The maximum absolute atomic E-state index is 11.7. The summed E-state index contributed by atoms with van der Waals surface area (Å²) in [6, 6.07) is -0.524. The highest BCUT2D eigenvalue weighted by Gasteiger charge is 2.26. The normalized spacial score (nSPS) is 14.3. The molecule has 0 aromatic heterocycles. The molecular formula is C14H27NO5. The zero-order valence-electron chi connectivity index (χ0n) is 13.1. The molecule has 118 valence electrons. The number of ether oxygens (including phenoxy) is 2. The Labute approximate surface area is 120 Å². The third-order valence-corrected chi connectivity index (χ3v) is 2.64. The van der Waals surface area contributed by atoms with E-state index in [1.165, 1.54) is 7.11 Å². The van der Waals surface area contributed by atoms with Gasteiger partial charge >= 0.3 is 12.1 Å². The standard InChI is InChI=1S/C14H27NO5/c1-6-7-8-10(11(16)9-12(17)19-5)15-13(18)20-14(2,3)4/h10-11,16H,6-9H2,1-5H3,(H,15,18)/t10-,11-/m0/s1. The van der Waals surface area contributed by atoms with E-state index in [-0.39, 0.29) is 6.42 Å². The fraction of sp³-hybridized carbons (Fsp3) is 0.857. The molecule has 0 spiro atoms. The number of esters is 1. The van der Waals surface area contributed by atoms with Crippen LogP contribution in [0.25, 0.3) is 0 Å². The number of aliphatic hydroxyl groups excluding tert-OH is 1.